The van der Waals surface area contributed by atoms with Gasteiger partial charge in [0.15, 0.2) is 0 Å². The van der Waals surface area contributed by atoms with E-state index in [-0.39, 0.29) is 0 Å². The first-order valence-corrected chi connectivity index (χ1v) is 9.09. The number of phenols is 1. The molecule has 120 valence electrons. The Bertz CT molecular complexity index is 370. The summed E-state index contributed by atoms with van der Waals surface area (Å²) in [6.07, 6.45) is 15.3. The lowest BCUT2D eigenvalue weighted by Crippen LogP contribution is -1.96. The van der Waals surface area contributed by atoms with E-state index in [1.54, 1.807) is 0 Å². The predicted octanol–water partition coefficient (Wildman–Crippen LogP) is 6.42. The first kappa shape index (κ1) is 18.1. The zero-order valence-electron chi connectivity index (χ0n) is 14.2. The van der Waals surface area contributed by atoms with Gasteiger partial charge in [0, 0.05) is 0 Å². The van der Waals surface area contributed by atoms with E-state index >= 15 is 0 Å². The SMILES string of the molecule is CCCCCCCCCCc1c(O)cccc1CCCC. The molecule has 0 radical (unpaired) electrons. The van der Waals surface area contributed by atoms with Gasteiger partial charge in [0.25, 0.3) is 0 Å². The van der Waals surface area contributed by atoms with Gasteiger partial charge in [-0.15, -0.1) is 0 Å². The quantitative estimate of drug-likeness (QED) is 0.440. The number of phenolic OH excluding ortho intramolecular Hbond substituents is 1. The number of aryl methyl sites for hydroxylation is 1. The van der Waals surface area contributed by atoms with E-state index in [9.17, 15) is 5.11 Å². The molecular formula is C20H34O. The Morgan fingerprint density at radius 1 is 0.714 bits per heavy atom. The zero-order chi connectivity index (χ0) is 15.3. The predicted molar refractivity (Wildman–Crippen MR) is 93.0 cm³/mol. The number of hydrogen-bond acceptors (Lipinski definition) is 1. The number of unbranched alkanes of at least 4 members (excludes halogenated alkanes) is 8. The molecule has 0 saturated heterocycles. The summed E-state index contributed by atoms with van der Waals surface area (Å²) in [5, 5.41) is 10.1. The Labute approximate surface area is 131 Å². The molecule has 1 rings (SSSR count). The topological polar surface area (TPSA) is 20.2 Å². The highest BCUT2D eigenvalue weighted by Gasteiger charge is 2.07. The molecule has 0 amide bonds. The highest BCUT2D eigenvalue weighted by atomic mass is 16.3. The summed E-state index contributed by atoms with van der Waals surface area (Å²) >= 11 is 0. The molecule has 0 bridgehead atoms. The van der Waals surface area contributed by atoms with Crippen molar-refractivity contribution in [3.8, 4) is 5.75 Å². The number of benzene rings is 1. The van der Waals surface area contributed by atoms with Crippen LogP contribution in [0.25, 0.3) is 0 Å². The van der Waals surface area contributed by atoms with E-state index in [0.29, 0.717) is 5.75 Å². The lowest BCUT2D eigenvalue weighted by molar-refractivity contribution is 0.464. The third kappa shape index (κ3) is 7.55. The van der Waals surface area contributed by atoms with Crippen LogP contribution < -0.4 is 0 Å². The molecule has 0 aliphatic heterocycles. The highest BCUT2D eigenvalue weighted by molar-refractivity contribution is 5.39. The van der Waals surface area contributed by atoms with Crippen LogP contribution in [-0.4, -0.2) is 5.11 Å². The van der Waals surface area contributed by atoms with Gasteiger partial charge < -0.3 is 5.11 Å². The van der Waals surface area contributed by atoms with Crippen molar-refractivity contribution in [3.05, 3.63) is 29.3 Å². The highest BCUT2D eigenvalue weighted by Crippen LogP contribution is 2.25. The molecule has 0 spiro atoms. The maximum absolute atomic E-state index is 10.1. The number of hydrogen-bond donors (Lipinski definition) is 1. The second kappa shape index (κ2) is 11.7. The Morgan fingerprint density at radius 3 is 2.00 bits per heavy atom. The van der Waals surface area contributed by atoms with Crippen molar-refractivity contribution in [3.63, 3.8) is 0 Å². The second-order valence-electron chi connectivity index (χ2n) is 6.24. The van der Waals surface area contributed by atoms with E-state index in [1.165, 1.54) is 75.3 Å². The van der Waals surface area contributed by atoms with Gasteiger partial charge in [-0.2, -0.15) is 0 Å². The van der Waals surface area contributed by atoms with Crippen molar-refractivity contribution in [2.75, 3.05) is 0 Å². The number of aromatic hydroxyl groups is 1. The summed E-state index contributed by atoms with van der Waals surface area (Å²) in [6.45, 7) is 4.49. The third-order valence-corrected chi connectivity index (χ3v) is 4.33. The molecule has 1 N–H and O–H groups in total. The molecule has 1 heteroatoms. The van der Waals surface area contributed by atoms with E-state index in [0.717, 1.165) is 12.8 Å². The van der Waals surface area contributed by atoms with Gasteiger partial charge in [-0.25, -0.2) is 0 Å². The summed E-state index contributed by atoms with van der Waals surface area (Å²) < 4.78 is 0. The molecule has 0 aliphatic rings. The molecular weight excluding hydrogens is 256 g/mol. The maximum atomic E-state index is 10.1. The minimum atomic E-state index is 0.506. The normalized spacial score (nSPS) is 11.0. The van der Waals surface area contributed by atoms with Gasteiger partial charge in [0.05, 0.1) is 0 Å². The Morgan fingerprint density at radius 2 is 1.33 bits per heavy atom. The van der Waals surface area contributed by atoms with Crippen LogP contribution in [0.5, 0.6) is 5.75 Å². The van der Waals surface area contributed by atoms with Gasteiger partial charge in [-0.3, -0.25) is 0 Å². The van der Waals surface area contributed by atoms with Gasteiger partial charge in [-0.1, -0.05) is 77.3 Å². The van der Waals surface area contributed by atoms with Crippen LogP contribution in [0.15, 0.2) is 18.2 Å². The lowest BCUT2D eigenvalue weighted by atomic mass is 9.96. The molecule has 0 atom stereocenters. The van der Waals surface area contributed by atoms with Crippen molar-refractivity contribution < 1.29 is 5.11 Å². The largest absolute Gasteiger partial charge is 0.508 e. The molecule has 1 aromatic carbocycles. The van der Waals surface area contributed by atoms with Crippen molar-refractivity contribution >= 4 is 0 Å². The Hall–Kier alpha value is -0.980. The monoisotopic (exact) mass is 290 g/mol. The van der Waals surface area contributed by atoms with Gasteiger partial charge >= 0.3 is 0 Å². The van der Waals surface area contributed by atoms with Crippen LogP contribution in [0.3, 0.4) is 0 Å². The minimum absolute atomic E-state index is 0.506. The fourth-order valence-corrected chi connectivity index (χ4v) is 2.95. The summed E-state index contributed by atoms with van der Waals surface area (Å²) in [5.74, 6) is 0.506. The minimum Gasteiger partial charge on any atom is -0.508 e. The van der Waals surface area contributed by atoms with Gasteiger partial charge in [0.2, 0.25) is 0 Å². The standard InChI is InChI=1S/C20H34O/c1-3-5-7-8-9-10-11-12-16-19-18(14-6-4-2)15-13-17-20(19)21/h13,15,17,21H,3-12,14,16H2,1-2H3. The van der Waals surface area contributed by atoms with Gasteiger partial charge in [0.1, 0.15) is 5.75 Å². The average Bonchev–Trinajstić information content (AvgIpc) is 2.49. The molecule has 0 aliphatic carbocycles. The van der Waals surface area contributed by atoms with Crippen molar-refractivity contribution in [1.29, 1.82) is 0 Å². The van der Waals surface area contributed by atoms with E-state index in [2.05, 4.69) is 19.9 Å². The smallest absolute Gasteiger partial charge is 0.119 e. The van der Waals surface area contributed by atoms with Crippen LogP contribution in [0.4, 0.5) is 0 Å². The van der Waals surface area contributed by atoms with Crippen LogP contribution in [0, 0.1) is 0 Å². The molecule has 1 nitrogen and oxygen atoms in total. The molecule has 0 fully saturated rings. The Kier molecular flexibility index (Phi) is 10.0. The number of rotatable bonds is 12. The van der Waals surface area contributed by atoms with Crippen LogP contribution in [0.1, 0.15) is 89.2 Å². The lowest BCUT2D eigenvalue weighted by Gasteiger charge is -2.11. The van der Waals surface area contributed by atoms with Crippen LogP contribution in [0.2, 0.25) is 0 Å². The fourth-order valence-electron chi connectivity index (χ4n) is 2.95. The van der Waals surface area contributed by atoms with E-state index in [1.807, 2.05) is 12.1 Å². The molecule has 1 aromatic rings. The fraction of sp³-hybridized carbons (Fsp3) is 0.700. The third-order valence-electron chi connectivity index (χ3n) is 4.33. The van der Waals surface area contributed by atoms with Crippen molar-refractivity contribution in [1.82, 2.24) is 0 Å². The molecule has 0 unspecified atom stereocenters. The molecule has 21 heavy (non-hydrogen) atoms. The van der Waals surface area contributed by atoms with E-state index in [4.69, 9.17) is 0 Å². The summed E-state index contributed by atoms with van der Waals surface area (Å²) in [7, 11) is 0. The van der Waals surface area contributed by atoms with Crippen LogP contribution >= 0.6 is 0 Å². The summed E-state index contributed by atoms with van der Waals surface area (Å²) in [4.78, 5) is 0. The Balaban J connectivity index is 2.27. The molecule has 0 heterocycles. The van der Waals surface area contributed by atoms with Gasteiger partial charge in [-0.05, 0) is 42.9 Å². The van der Waals surface area contributed by atoms with Crippen molar-refractivity contribution in [2.45, 2.75) is 90.9 Å². The van der Waals surface area contributed by atoms with Crippen molar-refractivity contribution in [2.24, 2.45) is 0 Å². The molecule has 0 aromatic heterocycles. The first-order valence-electron chi connectivity index (χ1n) is 9.09. The average molecular weight is 290 g/mol. The summed E-state index contributed by atoms with van der Waals surface area (Å²) in [6, 6.07) is 6.02. The second-order valence-corrected chi connectivity index (χ2v) is 6.24. The first-order chi connectivity index (χ1) is 10.3. The summed E-state index contributed by atoms with van der Waals surface area (Å²) in [5.41, 5.74) is 2.57. The van der Waals surface area contributed by atoms with Crippen LogP contribution in [-0.2, 0) is 12.8 Å². The zero-order valence-corrected chi connectivity index (χ0v) is 14.2. The molecule has 0 saturated carbocycles. The van der Waals surface area contributed by atoms with E-state index < -0.39 is 0 Å². The maximum Gasteiger partial charge on any atom is 0.119 e.